The molecule has 0 amide bonds. The molecule has 0 aliphatic carbocycles. The van der Waals surface area contributed by atoms with Crippen LogP contribution in [-0.4, -0.2) is 19.7 Å². The molecule has 0 saturated heterocycles. The van der Waals surface area contributed by atoms with Gasteiger partial charge < -0.3 is 10.1 Å². The zero-order chi connectivity index (χ0) is 13.0. The monoisotopic (exact) mass is 311 g/mol. The molecule has 1 aromatic carbocycles. The number of rotatable bonds is 6. The number of nitrogens with one attached hydrogen (secondary N) is 1. The number of fused-ring (bicyclic) bond motifs is 1. The third kappa shape index (κ3) is 3.48. The fourth-order valence-corrected chi connectivity index (χ4v) is 3.05. The Hall–Kier alpha value is -0.540. The summed E-state index contributed by atoms with van der Waals surface area (Å²) in [7, 11) is 0. The van der Waals surface area contributed by atoms with Crippen molar-refractivity contribution in [1.82, 2.24) is 5.32 Å². The summed E-state index contributed by atoms with van der Waals surface area (Å²) in [5, 5.41) is 3.39. The van der Waals surface area contributed by atoms with Gasteiger partial charge in [0.1, 0.15) is 5.75 Å². The lowest BCUT2D eigenvalue weighted by Gasteiger charge is -2.14. The summed E-state index contributed by atoms with van der Waals surface area (Å²) >= 11 is 3.60. The molecule has 0 fully saturated rings. The minimum Gasteiger partial charge on any atom is -0.493 e. The van der Waals surface area contributed by atoms with Gasteiger partial charge in [0.2, 0.25) is 0 Å². The van der Waals surface area contributed by atoms with Gasteiger partial charge in [-0.05, 0) is 55.1 Å². The molecule has 0 aromatic heterocycles. The van der Waals surface area contributed by atoms with Gasteiger partial charge in [-0.1, -0.05) is 29.8 Å². The van der Waals surface area contributed by atoms with Gasteiger partial charge in [-0.2, -0.15) is 0 Å². The largest absolute Gasteiger partial charge is 0.493 e. The molecule has 0 saturated carbocycles. The molecule has 100 valence electrons. The SMILES string of the molecule is CCNCCC(C)Cc1cc(Br)cc2c1OCC2. The van der Waals surface area contributed by atoms with Crippen molar-refractivity contribution in [2.24, 2.45) is 5.92 Å². The Labute approximate surface area is 118 Å². The average molecular weight is 312 g/mol. The number of benzene rings is 1. The maximum Gasteiger partial charge on any atom is 0.125 e. The van der Waals surface area contributed by atoms with E-state index in [9.17, 15) is 0 Å². The van der Waals surface area contributed by atoms with Gasteiger partial charge in [0.25, 0.3) is 0 Å². The lowest BCUT2D eigenvalue weighted by Crippen LogP contribution is -2.17. The normalized spacial score (nSPS) is 15.3. The van der Waals surface area contributed by atoms with Crippen molar-refractivity contribution in [2.45, 2.75) is 33.1 Å². The number of ether oxygens (including phenoxy) is 1. The van der Waals surface area contributed by atoms with Crippen molar-refractivity contribution < 1.29 is 4.74 Å². The highest BCUT2D eigenvalue weighted by Crippen LogP contribution is 2.34. The Morgan fingerprint density at radius 2 is 2.28 bits per heavy atom. The fraction of sp³-hybridized carbons (Fsp3) is 0.600. The summed E-state index contributed by atoms with van der Waals surface area (Å²) in [4.78, 5) is 0. The van der Waals surface area contributed by atoms with Crippen molar-refractivity contribution in [2.75, 3.05) is 19.7 Å². The summed E-state index contributed by atoms with van der Waals surface area (Å²) < 4.78 is 6.96. The van der Waals surface area contributed by atoms with E-state index in [1.54, 1.807) is 0 Å². The van der Waals surface area contributed by atoms with E-state index < -0.39 is 0 Å². The first kappa shape index (κ1) is 13.9. The molecule has 1 aliphatic heterocycles. The molecule has 18 heavy (non-hydrogen) atoms. The number of halogens is 1. The van der Waals surface area contributed by atoms with Crippen LogP contribution in [0.25, 0.3) is 0 Å². The molecule has 1 atom stereocenters. The predicted molar refractivity (Wildman–Crippen MR) is 79.4 cm³/mol. The zero-order valence-corrected chi connectivity index (χ0v) is 12.8. The second kappa shape index (κ2) is 6.58. The Bertz CT molecular complexity index is 406. The molecular formula is C15H22BrNO. The van der Waals surface area contributed by atoms with Crippen molar-refractivity contribution >= 4 is 15.9 Å². The van der Waals surface area contributed by atoms with Crippen LogP contribution in [0.3, 0.4) is 0 Å². The highest BCUT2D eigenvalue weighted by Gasteiger charge is 2.18. The average Bonchev–Trinajstić information content (AvgIpc) is 2.77. The van der Waals surface area contributed by atoms with Gasteiger partial charge in [-0.25, -0.2) is 0 Å². The molecular weight excluding hydrogens is 290 g/mol. The quantitative estimate of drug-likeness (QED) is 0.811. The second-order valence-electron chi connectivity index (χ2n) is 5.10. The highest BCUT2D eigenvalue weighted by atomic mass is 79.9. The molecule has 3 heteroatoms. The van der Waals surface area contributed by atoms with E-state index in [4.69, 9.17) is 4.74 Å². The molecule has 1 unspecified atom stereocenters. The van der Waals surface area contributed by atoms with Crippen molar-refractivity contribution in [3.63, 3.8) is 0 Å². The minimum absolute atomic E-state index is 0.687. The summed E-state index contributed by atoms with van der Waals surface area (Å²) in [6.45, 7) is 7.47. The van der Waals surface area contributed by atoms with E-state index in [-0.39, 0.29) is 0 Å². The van der Waals surface area contributed by atoms with Crippen LogP contribution in [-0.2, 0) is 12.8 Å². The lowest BCUT2D eigenvalue weighted by atomic mass is 9.96. The van der Waals surface area contributed by atoms with Crippen molar-refractivity contribution in [1.29, 1.82) is 0 Å². The Kier molecular flexibility index (Phi) is 5.07. The minimum atomic E-state index is 0.687. The van der Waals surface area contributed by atoms with Gasteiger partial charge in [-0.15, -0.1) is 0 Å². The third-order valence-electron chi connectivity index (χ3n) is 3.46. The fourth-order valence-electron chi connectivity index (χ4n) is 2.50. The molecule has 0 radical (unpaired) electrons. The Balaban J connectivity index is 2.00. The molecule has 0 bridgehead atoms. The van der Waals surface area contributed by atoms with Gasteiger partial charge >= 0.3 is 0 Å². The molecule has 1 N–H and O–H groups in total. The lowest BCUT2D eigenvalue weighted by molar-refractivity contribution is 0.350. The van der Waals surface area contributed by atoms with Crippen molar-refractivity contribution in [3.05, 3.63) is 27.7 Å². The first-order valence-electron chi connectivity index (χ1n) is 6.85. The predicted octanol–water partition coefficient (Wildman–Crippen LogP) is 3.56. The van der Waals surface area contributed by atoms with E-state index in [1.807, 2.05) is 0 Å². The highest BCUT2D eigenvalue weighted by molar-refractivity contribution is 9.10. The Morgan fingerprint density at radius 1 is 1.44 bits per heavy atom. The van der Waals surface area contributed by atoms with Crippen LogP contribution in [0.4, 0.5) is 0 Å². The summed E-state index contributed by atoms with van der Waals surface area (Å²) in [6, 6.07) is 4.41. The van der Waals surface area contributed by atoms with Crippen LogP contribution in [0.5, 0.6) is 5.75 Å². The first-order chi connectivity index (χ1) is 8.70. The zero-order valence-electron chi connectivity index (χ0n) is 11.3. The maximum absolute atomic E-state index is 5.77. The van der Waals surface area contributed by atoms with E-state index >= 15 is 0 Å². The molecule has 1 aromatic rings. The van der Waals surface area contributed by atoms with Gasteiger partial charge in [0, 0.05) is 10.9 Å². The third-order valence-corrected chi connectivity index (χ3v) is 3.92. The van der Waals surface area contributed by atoms with Gasteiger partial charge in [-0.3, -0.25) is 0 Å². The molecule has 2 nitrogen and oxygen atoms in total. The smallest absolute Gasteiger partial charge is 0.125 e. The van der Waals surface area contributed by atoms with E-state index in [0.717, 1.165) is 38.3 Å². The van der Waals surface area contributed by atoms with E-state index in [1.165, 1.54) is 22.0 Å². The number of hydrogen-bond acceptors (Lipinski definition) is 2. The van der Waals surface area contributed by atoms with Crippen molar-refractivity contribution in [3.8, 4) is 5.75 Å². The molecule has 2 rings (SSSR count). The second-order valence-corrected chi connectivity index (χ2v) is 6.02. The summed E-state index contributed by atoms with van der Waals surface area (Å²) in [5.74, 6) is 1.83. The van der Waals surface area contributed by atoms with Crippen LogP contribution >= 0.6 is 15.9 Å². The van der Waals surface area contributed by atoms with Crippen LogP contribution in [0.1, 0.15) is 31.4 Å². The number of hydrogen-bond donors (Lipinski definition) is 1. The van der Waals surface area contributed by atoms with Crippen LogP contribution < -0.4 is 10.1 Å². The maximum atomic E-state index is 5.77. The standard InChI is InChI=1S/C15H22BrNO/c1-3-17-6-4-11(2)8-13-10-14(16)9-12-5-7-18-15(12)13/h9-11,17H,3-8H2,1-2H3. The van der Waals surface area contributed by atoms with Crippen LogP contribution in [0.15, 0.2) is 16.6 Å². The van der Waals surface area contributed by atoms with E-state index in [0.29, 0.717) is 5.92 Å². The van der Waals surface area contributed by atoms with E-state index in [2.05, 4.69) is 47.2 Å². The van der Waals surface area contributed by atoms with Gasteiger partial charge in [0.05, 0.1) is 6.61 Å². The van der Waals surface area contributed by atoms with Crippen LogP contribution in [0, 0.1) is 5.92 Å². The molecule has 1 aliphatic rings. The summed E-state index contributed by atoms with van der Waals surface area (Å²) in [5.41, 5.74) is 2.72. The topological polar surface area (TPSA) is 21.3 Å². The molecule has 0 spiro atoms. The molecule has 1 heterocycles. The van der Waals surface area contributed by atoms with Crippen LogP contribution in [0.2, 0.25) is 0 Å². The van der Waals surface area contributed by atoms with Gasteiger partial charge in [0.15, 0.2) is 0 Å². The Morgan fingerprint density at radius 3 is 3.06 bits per heavy atom. The first-order valence-corrected chi connectivity index (χ1v) is 7.64. The summed E-state index contributed by atoms with van der Waals surface area (Å²) in [6.07, 6.45) is 3.37.